The van der Waals surface area contributed by atoms with Crippen LogP contribution in [0.15, 0.2) is 0 Å². The van der Waals surface area contributed by atoms with Crippen molar-refractivity contribution in [3.63, 3.8) is 0 Å². The standard InChI is InChI=1S/C15H26O3/c1-10(14(17-3)18-4)11-7-8-12-13(16)6-5-9-15(11,12)2/h10-12,14H,5-9H2,1-4H3/t10?,11?,12?,15-/m1/s1. The molecule has 3 unspecified atom stereocenters. The van der Waals surface area contributed by atoms with E-state index in [2.05, 4.69) is 13.8 Å². The number of fused-ring (bicyclic) bond motifs is 1. The second kappa shape index (κ2) is 5.30. The number of hydrogen-bond donors (Lipinski definition) is 0. The summed E-state index contributed by atoms with van der Waals surface area (Å²) in [6.07, 6.45) is 5.07. The van der Waals surface area contributed by atoms with Crippen LogP contribution < -0.4 is 0 Å². The van der Waals surface area contributed by atoms with Gasteiger partial charge in [-0.2, -0.15) is 0 Å². The van der Waals surface area contributed by atoms with Crippen molar-refractivity contribution in [3.8, 4) is 0 Å². The number of rotatable bonds is 4. The van der Waals surface area contributed by atoms with Crippen LogP contribution in [0.25, 0.3) is 0 Å². The fraction of sp³-hybridized carbons (Fsp3) is 0.933. The highest BCUT2D eigenvalue weighted by Gasteiger charge is 2.53. The first-order chi connectivity index (χ1) is 8.54. The van der Waals surface area contributed by atoms with Gasteiger partial charge in [-0.3, -0.25) is 4.79 Å². The predicted octanol–water partition coefficient (Wildman–Crippen LogP) is 3.03. The summed E-state index contributed by atoms with van der Waals surface area (Å²) < 4.78 is 10.8. The minimum absolute atomic E-state index is 0.150. The number of hydrogen-bond acceptors (Lipinski definition) is 3. The normalized spacial score (nSPS) is 37.9. The summed E-state index contributed by atoms with van der Waals surface area (Å²) in [6.45, 7) is 4.51. The van der Waals surface area contributed by atoms with E-state index in [1.54, 1.807) is 14.2 Å². The van der Waals surface area contributed by atoms with E-state index in [1.165, 1.54) is 6.42 Å². The zero-order valence-electron chi connectivity index (χ0n) is 12.1. The Hall–Kier alpha value is -0.410. The van der Waals surface area contributed by atoms with Crippen LogP contribution in [0, 0.1) is 23.2 Å². The molecule has 0 aromatic carbocycles. The summed E-state index contributed by atoms with van der Waals surface area (Å²) in [7, 11) is 3.40. The number of ether oxygens (including phenoxy) is 2. The Kier molecular flexibility index (Phi) is 4.12. The molecule has 0 aliphatic heterocycles. The lowest BCUT2D eigenvalue weighted by molar-refractivity contribution is -0.158. The first-order valence-electron chi connectivity index (χ1n) is 7.13. The van der Waals surface area contributed by atoms with Gasteiger partial charge in [0.05, 0.1) is 0 Å². The zero-order valence-corrected chi connectivity index (χ0v) is 12.1. The second-order valence-corrected chi connectivity index (χ2v) is 6.26. The molecule has 2 aliphatic rings. The minimum Gasteiger partial charge on any atom is -0.356 e. The van der Waals surface area contributed by atoms with Crippen LogP contribution in [0.5, 0.6) is 0 Å². The van der Waals surface area contributed by atoms with Gasteiger partial charge >= 0.3 is 0 Å². The Morgan fingerprint density at radius 3 is 2.56 bits per heavy atom. The van der Waals surface area contributed by atoms with E-state index in [1.807, 2.05) is 0 Å². The Morgan fingerprint density at radius 1 is 1.28 bits per heavy atom. The van der Waals surface area contributed by atoms with Gasteiger partial charge in [-0.15, -0.1) is 0 Å². The molecule has 104 valence electrons. The number of ketones is 1. The molecule has 3 nitrogen and oxygen atoms in total. The Labute approximate surface area is 110 Å². The van der Waals surface area contributed by atoms with Crippen molar-refractivity contribution < 1.29 is 14.3 Å². The van der Waals surface area contributed by atoms with Crippen LogP contribution in [0.1, 0.15) is 46.0 Å². The molecule has 18 heavy (non-hydrogen) atoms. The lowest BCUT2D eigenvalue weighted by Gasteiger charge is -2.43. The van der Waals surface area contributed by atoms with Crippen LogP contribution in [0.2, 0.25) is 0 Å². The van der Waals surface area contributed by atoms with E-state index in [0.717, 1.165) is 25.7 Å². The third kappa shape index (κ3) is 2.12. The molecule has 0 aromatic heterocycles. The fourth-order valence-corrected chi connectivity index (χ4v) is 4.55. The molecule has 0 radical (unpaired) electrons. The summed E-state index contributed by atoms with van der Waals surface area (Å²) in [5.74, 6) is 1.66. The van der Waals surface area contributed by atoms with Gasteiger partial charge in [0, 0.05) is 32.5 Å². The summed E-state index contributed by atoms with van der Waals surface area (Å²) in [5.41, 5.74) is 0.171. The van der Waals surface area contributed by atoms with Gasteiger partial charge in [0.2, 0.25) is 0 Å². The molecule has 0 bridgehead atoms. The molecular weight excluding hydrogens is 228 g/mol. The molecule has 0 spiro atoms. The highest BCUT2D eigenvalue weighted by atomic mass is 16.7. The Morgan fingerprint density at radius 2 is 1.94 bits per heavy atom. The SMILES string of the molecule is COC(OC)C(C)C1CCC2C(=O)CCC[C@@]21C. The molecule has 2 aliphatic carbocycles. The summed E-state index contributed by atoms with van der Waals surface area (Å²) >= 11 is 0. The predicted molar refractivity (Wildman–Crippen MR) is 70.1 cm³/mol. The molecule has 0 amide bonds. The fourth-order valence-electron chi connectivity index (χ4n) is 4.55. The molecule has 3 heteroatoms. The van der Waals surface area contributed by atoms with Crippen LogP contribution in [0.4, 0.5) is 0 Å². The van der Waals surface area contributed by atoms with E-state index in [9.17, 15) is 4.79 Å². The van der Waals surface area contributed by atoms with Crippen LogP contribution >= 0.6 is 0 Å². The third-order valence-corrected chi connectivity index (χ3v) is 5.47. The lowest BCUT2D eigenvalue weighted by atomic mass is 9.62. The van der Waals surface area contributed by atoms with Crippen LogP contribution in [-0.4, -0.2) is 26.3 Å². The van der Waals surface area contributed by atoms with Gasteiger partial charge in [0.15, 0.2) is 6.29 Å². The smallest absolute Gasteiger partial charge is 0.159 e. The maximum atomic E-state index is 12.1. The maximum Gasteiger partial charge on any atom is 0.159 e. The van der Waals surface area contributed by atoms with E-state index < -0.39 is 0 Å². The van der Waals surface area contributed by atoms with E-state index >= 15 is 0 Å². The van der Waals surface area contributed by atoms with Crippen molar-refractivity contribution in [1.29, 1.82) is 0 Å². The van der Waals surface area contributed by atoms with E-state index in [0.29, 0.717) is 17.6 Å². The molecule has 0 aromatic rings. The van der Waals surface area contributed by atoms with Crippen molar-refractivity contribution in [3.05, 3.63) is 0 Å². The molecule has 2 rings (SSSR count). The maximum absolute atomic E-state index is 12.1. The molecular formula is C15H26O3. The minimum atomic E-state index is -0.150. The largest absolute Gasteiger partial charge is 0.356 e. The highest BCUT2D eigenvalue weighted by Crippen LogP contribution is 2.57. The number of carbonyl (C=O) groups excluding carboxylic acids is 1. The van der Waals surface area contributed by atoms with Gasteiger partial charge < -0.3 is 9.47 Å². The van der Waals surface area contributed by atoms with E-state index in [-0.39, 0.29) is 17.6 Å². The van der Waals surface area contributed by atoms with Crippen LogP contribution in [0.3, 0.4) is 0 Å². The van der Waals surface area contributed by atoms with Crippen molar-refractivity contribution in [2.75, 3.05) is 14.2 Å². The van der Waals surface area contributed by atoms with Gasteiger partial charge in [-0.05, 0) is 37.0 Å². The summed E-state index contributed by atoms with van der Waals surface area (Å²) in [5, 5.41) is 0. The molecule has 2 saturated carbocycles. The van der Waals surface area contributed by atoms with Gasteiger partial charge in [0.25, 0.3) is 0 Å². The quantitative estimate of drug-likeness (QED) is 0.723. The van der Waals surface area contributed by atoms with Gasteiger partial charge in [-0.25, -0.2) is 0 Å². The van der Waals surface area contributed by atoms with Gasteiger partial charge in [0.1, 0.15) is 5.78 Å². The third-order valence-electron chi connectivity index (χ3n) is 5.47. The van der Waals surface area contributed by atoms with Crippen molar-refractivity contribution in [2.45, 2.75) is 52.2 Å². The van der Waals surface area contributed by atoms with E-state index in [4.69, 9.17) is 9.47 Å². The number of Topliss-reactive ketones (excluding diaryl/α,β-unsaturated/α-hetero) is 1. The summed E-state index contributed by atoms with van der Waals surface area (Å²) in [4.78, 5) is 12.1. The molecule has 2 fully saturated rings. The van der Waals surface area contributed by atoms with Crippen molar-refractivity contribution in [1.82, 2.24) is 0 Å². The van der Waals surface area contributed by atoms with Crippen molar-refractivity contribution >= 4 is 5.78 Å². The lowest BCUT2D eigenvalue weighted by Crippen LogP contribution is -2.42. The first-order valence-corrected chi connectivity index (χ1v) is 7.13. The monoisotopic (exact) mass is 254 g/mol. The Balaban J connectivity index is 2.17. The van der Waals surface area contributed by atoms with Crippen molar-refractivity contribution in [2.24, 2.45) is 23.2 Å². The molecule has 0 N–H and O–H groups in total. The molecule has 0 heterocycles. The molecule has 0 saturated heterocycles. The highest BCUT2D eigenvalue weighted by molar-refractivity contribution is 5.83. The average molecular weight is 254 g/mol. The second-order valence-electron chi connectivity index (χ2n) is 6.26. The topological polar surface area (TPSA) is 35.5 Å². The van der Waals surface area contributed by atoms with Crippen LogP contribution in [-0.2, 0) is 14.3 Å². The Bertz CT molecular complexity index is 311. The van der Waals surface area contributed by atoms with Gasteiger partial charge in [-0.1, -0.05) is 13.8 Å². The number of methoxy groups -OCH3 is 2. The average Bonchev–Trinajstić information content (AvgIpc) is 2.69. The zero-order chi connectivity index (χ0) is 13.3. The summed E-state index contributed by atoms with van der Waals surface area (Å²) in [6, 6.07) is 0. The molecule has 4 atom stereocenters. The number of carbonyl (C=O) groups is 1. The first kappa shape index (κ1) is 14.0.